The number of aromatic nitrogens is 2. The number of aromatic amines is 1. The van der Waals surface area contributed by atoms with Crippen molar-refractivity contribution in [3.05, 3.63) is 79.8 Å². The summed E-state index contributed by atoms with van der Waals surface area (Å²) >= 11 is 6.56. The summed E-state index contributed by atoms with van der Waals surface area (Å²) in [4.78, 5) is 20.7. The van der Waals surface area contributed by atoms with Gasteiger partial charge in [0.15, 0.2) is 3.95 Å². The molecule has 128 valence electrons. The molecule has 1 amide bonds. The van der Waals surface area contributed by atoms with E-state index in [1.807, 2.05) is 35.9 Å². The second-order valence-corrected chi connectivity index (χ2v) is 7.69. The normalized spacial score (nSPS) is 11.7. The van der Waals surface area contributed by atoms with E-state index in [0.29, 0.717) is 16.0 Å². The highest BCUT2D eigenvalue weighted by molar-refractivity contribution is 7.73. The molecule has 2 heterocycles. The fourth-order valence-corrected chi connectivity index (χ4v) is 3.79. The maximum atomic E-state index is 12.4. The quantitative estimate of drug-likeness (QED) is 0.708. The topological polar surface area (TPSA) is 50.1 Å². The third-order valence-corrected chi connectivity index (χ3v) is 5.20. The number of carbonyl (C=O) groups is 1. The van der Waals surface area contributed by atoms with Crippen LogP contribution in [0.15, 0.2) is 53.7 Å². The van der Waals surface area contributed by atoms with E-state index in [1.54, 1.807) is 0 Å². The summed E-state index contributed by atoms with van der Waals surface area (Å²) in [6.07, 6.45) is 2.21. The van der Waals surface area contributed by atoms with Crippen molar-refractivity contribution in [3.8, 4) is 0 Å². The molecule has 0 aliphatic carbocycles. The standard InChI is InChI=1S/C19H19N3OS2/c1-13-6-8-15(9-7-13)12-22-10-4-3-5-17(22)21-18(23)11-16-14(2)20-19(24)25-16/h3-10H,11-12H2,1-2H3,(H,20,24). The molecule has 2 aromatic heterocycles. The number of carbonyl (C=O) groups excluding carboxylic acids is 1. The van der Waals surface area contributed by atoms with Crippen molar-refractivity contribution in [1.29, 1.82) is 0 Å². The molecule has 1 N–H and O–H groups in total. The van der Waals surface area contributed by atoms with Gasteiger partial charge in [0.05, 0.1) is 6.42 Å². The van der Waals surface area contributed by atoms with Crippen LogP contribution in [0.2, 0.25) is 0 Å². The number of amides is 1. The molecular formula is C19H19N3OS2. The molecule has 0 aliphatic heterocycles. The van der Waals surface area contributed by atoms with Gasteiger partial charge in [-0.25, -0.2) is 0 Å². The van der Waals surface area contributed by atoms with Crippen LogP contribution in [0, 0.1) is 17.8 Å². The molecule has 25 heavy (non-hydrogen) atoms. The Bertz CT molecular complexity index is 1010. The van der Waals surface area contributed by atoms with Gasteiger partial charge in [-0.05, 0) is 43.8 Å². The fourth-order valence-electron chi connectivity index (χ4n) is 2.50. The minimum atomic E-state index is -0.169. The molecule has 0 fully saturated rings. The number of rotatable bonds is 4. The molecule has 3 aromatic rings. The number of benzene rings is 1. The molecule has 0 radical (unpaired) electrons. The van der Waals surface area contributed by atoms with Crippen molar-refractivity contribution in [2.45, 2.75) is 26.8 Å². The first-order valence-corrected chi connectivity index (χ1v) is 9.21. The van der Waals surface area contributed by atoms with E-state index >= 15 is 0 Å². The third kappa shape index (κ3) is 4.61. The van der Waals surface area contributed by atoms with Crippen LogP contribution in [-0.4, -0.2) is 15.5 Å². The van der Waals surface area contributed by atoms with E-state index in [2.05, 4.69) is 41.2 Å². The Balaban J connectivity index is 1.85. The molecule has 3 rings (SSSR count). The number of nitrogens with one attached hydrogen (secondary N) is 1. The van der Waals surface area contributed by atoms with Gasteiger partial charge in [0.1, 0.15) is 5.49 Å². The summed E-state index contributed by atoms with van der Waals surface area (Å²) in [6, 6.07) is 14.1. The monoisotopic (exact) mass is 369 g/mol. The molecule has 0 atom stereocenters. The lowest BCUT2D eigenvalue weighted by Gasteiger charge is -2.07. The molecular weight excluding hydrogens is 350 g/mol. The molecule has 0 unspecified atom stereocenters. The van der Waals surface area contributed by atoms with Gasteiger partial charge >= 0.3 is 0 Å². The van der Waals surface area contributed by atoms with Crippen LogP contribution >= 0.6 is 23.6 Å². The Morgan fingerprint density at radius 1 is 1.20 bits per heavy atom. The molecule has 0 saturated heterocycles. The van der Waals surface area contributed by atoms with Gasteiger partial charge in [0.2, 0.25) is 0 Å². The highest BCUT2D eigenvalue weighted by Crippen LogP contribution is 2.15. The van der Waals surface area contributed by atoms with Crippen molar-refractivity contribution in [3.63, 3.8) is 0 Å². The Kier molecular flexibility index (Phi) is 5.40. The largest absolute Gasteiger partial charge is 0.341 e. The highest BCUT2D eigenvalue weighted by atomic mass is 32.1. The van der Waals surface area contributed by atoms with E-state index in [9.17, 15) is 4.79 Å². The number of thiazole rings is 1. The van der Waals surface area contributed by atoms with Crippen LogP contribution < -0.4 is 5.49 Å². The van der Waals surface area contributed by atoms with Crippen LogP contribution in [0.3, 0.4) is 0 Å². The van der Waals surface area contributed by atoms with E-state index < -0.39 is 0 Å². The second-order valence-electron chi connectivity index (χ2n) is 5.92. The van der Waals surface area contributed by atoms with Crippen LogP contribution in [0.1, 0.15) is 21.7 Å². The average molecular weight is 370 g/mol. The maximum Gasteiger partial charge on any atom is 0.252 e. The van der Waals surface area contributed by atoms with Crippen LogP contribution in [0.25, 0.3) is 0 Å². The Morgan fingerprint density at radius 2 is 1.96 bits per heavy atom. The fraction of sp³-hybridized carbons (Fsp3) is 0.211. The van der Waals surface area contributed by atoms with Crippen molar-refractivity contribution in [1.82, 2.24) is 9.55 Å². The molecule has 0 bridgehead atoms. The SMILES string of the molecule is Cc1ccc(Cn2ccccc2=NC(=O)Cc2sc(=S)[nH]c2C)cc1. The number of aryl methyl sites for hydroxylation is 2. The van der Waals surface area contributed by atoms with Crippen molar-refractivity contribution >= 4 is 29.5 Å². The zero-order valence-electron chi connectivity index (χ0n) is 14.2. The van der Waals surface area contributed by atoms with Gasteiger partial charge < -0.3 is 9.55 Å². The number of nitrogens with zero attached hydrogens (tertiary/aromatic N) is 2. The number of hydrogen-bond donors (Lipinski definition) is 1. The Morgan fingerprint density at radius 3 is 2.64 bits per heavy atom. The van der Waals surface area contributed by atoms with Crippen LogP contribution in [0.5, 0.6) is 0 Å². The lowest BCUT2D eigenvalue weighted by atomic mass is 10.1. The third-order valence-electron chi connectivity index (χ3n) is 3.86. The molecule has 6 heteroatoms. The van der Waals surface area contributed by atoms with Gasteiger partial charge in [-0.15, -0.1) is 11.3 Å². The summed E-state index contributed by atoms with van der Waals surface area (Å²) < 4.78 is 2.67. The average Bonchev–Trinajstić information content (AvgIpc) is 2.88. The smallest absolute Gasteiger partial charge is 0.252 e. The Labute approximate surface area is 155 Å². The second kappa shape index (κ2) is 7.72. The van der Waals surface area contributed by atoms with E-state index in [-0.39, 0.29) is 12.3 Å². The van der Waals surface area contributed by atoms with E-state index in [4.69, 9.17) is 12.2 Å². The lowest BCUT2D eigenvalue weighted by molar-refractivity contribution is -0.117. The molecule has 1 aromatic carbocycles. The number of H-pyrrole nitrogens is 1. The minimum Gasteiger partial charge on any atom is -0.341 e. The van der Waals surface area contributed by atoms with Crippen molar-refractivity contribution in [2.75, 3.05) is 0 Å². The molecule has 0 spiro atoms. The first-order chi connectivity index (χ1) is 12.0. The zero-order valence-corrected chi connectivity index (χ0v) is 15.8. The lowest BCUT2D eigenvalue weighted by Crippen LogP contribution is -2.22. The first-order valence-electron chi connectivity index (χ1n) is 7.98. The predicted octanol–water partition coefficient (Wildman–Crippen LogP) is 3.94. The van der Waals surface area contributed by atoms with E-state index in [0.717, 1.165) is 10.6 Å². The summed E-state index contributed by atoms with van der Waals surface area (Å²) in [5.41, 5.74) is 4.00. The summed E-state index contributed by atoms with van der Waals surface area (Å²) in [7, 11) is 0. The van der Waals surface area contributed by atoms with Crippen molar-refractivity contribution in [2.24, 2.45) is 4.99 Å². The number of pyridine rings is 1. The van der Waals surface area contributed by atoms with Gasteiger partial charge in [0, 0.05) is 23.3 Å². The predicted molar refractivity (Wildman–Crippen MR) is 103 cm³/mol. The molecule has 4 nitrogen and oxygen atoms in total. The maximum absolute atomic E-state index is 12.4. The minimum absolute atomic E-state index is 0.169. The van der Waals surface area contributed by atoms with Crippen LogP contribution in [-0.2, 0) is 17.8 Å². The zero-order chi connectivity index (χ0) is 17.8. The van der Waals surface area contributed by atoms with Gasteiger partial charge in [-0.2, -0.15) is 4.99 Å². The molecule has 0 saturated carbocycles. The van der Waals surface area contributed by atoms with Gasteiger partial charge in [-0.3, -0.25) is 4.79 Å². The first kappa shape index (κ1) is 17.5. The van der Waals surface area contributed by atoms with Gasteiger partial charge in [-0.1, -0.05) is 35.9 Å². The van der Waals surface area contributed by atoms with Crippen LogP contribution in [0.4, 0.5) is 0 Å². The van der Waals surface area contributed by atoms with Gasteiger partial charge in [0.25, 0.3) is 5.91 Å². The summed E-state index contributed by atoms with van der Waals surface area (Å²) in [5.74, 6) is -0.169. The molecule has 0 aliphatic rings. The number of hydrogen-bond acceptors (Lipinski definition) is 3. The highest BCUT2D eigenvalue weighted by Gasteiger charge is 2.08. The van der Waals surface area contributed by atoms with Crippen molar-refractivity contribution < 1.29 is 4.79 Å². The summed E-state index contributed by atoms with van der Waals surface area (Å²) in [6.45, 7) is 4.67. The Hall–Kier alpha value is -2.31. The summed E-state index contributed by atoms with van der Waals surface area (Å²) in [5, 5.41) is 0. The van der Waals surface area contributed by atoms with E-state index in [1.165, 1.54) is 22.5 Å².